The summed E-state index contributed by atoms with van der Waals surface area (Å²) in [4.78, 5) is 12.2. The molecule has 6 heteroatoms. The van der Waals surface area contributed by atoms with Crippen LogP contribution in [0.25, 0.3) is 23.1 Å². The summed E-state index contributed by atoms with van der Waals surface area (Å²) in [5.41, 5.74) is 1.57. The first-order chi connectivity index (χ1) is 13.8. The van der Waals surface area contributed by atoms with Crippen LogP contribution >= 0.6 is 0 Å². The molecule has 146 valence electrons. The molecule has 0 radical (unpaired) electrons. The Morgan fingerprint density at radius 2 is 1.82 bits per heavy atom. The summed E-state index contributed by atoms with van der Waals surface area (Å²) in [6.45, 7) is 0. The topological polar surface area (TPSA) is 81.2 Å². The summed E-state index contributed by atoms with van der Waals surface area (Å²) in [5.74, 6) is 2.19. The second kappa shape index (κ2) is 8.87. The largest absolute Gasteiger partial charge is 0.459 e. The Balaban J connectivity index is 1.27. The first kappa shape index (κ1) is 18.5. The summed E-state index contributed by atoms with van der Waals surface area (Å²) in [6, 6.07) is 11.0. The van der Waals surface area contributed by atoms with Gasteiger partial charge in [0.2, 0.25) is 11.8 Å². The average Bonchev–Trinajstić information content (AvgIpc) is 3.41. The van der Waals surface area contributed by atoms with Crippen LogP contribution in [-0.4, -0.2) is 16.1 Å². The van der Waals surface area contributed by atoms with Gasteiger partial charge >= 0.3 is 0 Å². The summed E-state index contributed by atoms with van der Waals surface area (Å²) in [5, 5.41) is 11.0. The van der Waals surface area contributed by atoms with E-state index in [2.05, 4.69) is 15.5 Å². The van der Waals surface area contributed by atoms with Crippen LogP contribution in [0.15, 0.2) is 51.5 Å². The van der Waals surface area contributed by atoms with Crippen molar-refractivity contribution in [2.75, 3.05) is 5.32 Å². The van der Waals surface area contributed by atoms with Crippen molar-refractivity contribution >= 4 is 11.6 Å². The normalized spacial score (nSPS) is 14.9. The van der Waals surface area contributed by atoms with Gasteiger partial charge in [0.25, 0.3) is 5.89 Å². The second-order valence-electron chi connectivity index (χ2n) is 7.41. The third-order valence-electron chi connectivity index (χ3n) is 5.31. The number of hydrogen-bond donors (Lipinski definition) is 1. The molecule has 2 heterocycles. The Morgan fingerprint density at radius 3 is 2.57 bits per heavy atom. The second-order valence-corrected chi connectivity index (χ2v) is 7.41. The van der Waals surface area contributed by atoms with Gasteiger partial charge in [0.15, 0.2) is 5.76 Å². The van der Waals surface area contributed by atoms with E-state index < -0.39 is 0 Å². The molecule has 1 N–H and O–H groups in total. The molecule has 1 aliphatic rings. The first-order valence-corrected chi connectivity index (χ1v) is 10.1. The fraction of sp³-hybridized carbons (Fsp3) is 0.409. The lowest BCUT2D eigenvalue weighted by atomic mass is 9.86. The minimum Gasteiger partial charge on any atom is -0.459 e. The molecule has 1 saturated carbocycles. The smallest absolute Gasteiger partial charge is 0.283 e. The molecular formula is C22H25N3O3. The minimum absolute atomic E-state index is 0.0708. The lowest BCUT2D eigenvalue weighted by Crippen LogP contribution is -2.12. The maximum atomic E-state index is 12.2. The van der Waals surface area contributed by atoms with Crippen LogP contribution < -0.4 is 5.32 Å². The number of hydrogen-bond acceptors (Lipinski definition) is 5. The van der Waals surface area contributed by atoms with E-state index in [9.17, 15) is 4.79 Å². The summed E-state index contributed by atoms with van der Waals surface area (Å²) < 4.78 is 10.9. The Kier molecular flexibility index (Phi) is 5.85. The molecule has 28 heavy (non-hydrogen) atoms. The fourth-order valence-electron chi connectivity index (χ4n) is 3.79. The van der Waals surface area contributed by atoms with Crippen molar-refractivity contribution < 1.29 is 13.6 Å². The predicted molar refractivity (Wildman–Crippen MR) is 106 cm³/mol. The van der Waals surface area contributed by atoms with Crippen molar-refractivity contribution in [3.05, 3.63) is 42.7 Å². The molecule has 6 nitrogen and oxygen atoms in total. The maximum Gasteiger partial charge on any atom is 0.283 e. The number of anilines is 1. The van der Waals surface area contributed by atoms with Crippen molar-refractivity contribution in [3.8, 4) is 23.1 Å². The Hall–Kier alpha value is -2.89. The fourth-order valence-corrected chi connectivity index (χ4v) is 3.79. The van der Waals surface area contributed by atoms with Crippen LogP contribution in [-0.2, 0) is 4.79 Å². The molecular weight excluding hydrogens is 354 g/mol. The molecule has 4 rings (SSSR count). The molecule has 2 aromatic heterocycles. The van der Waals surface area contributed by atoms with Crippen molar-refractivity contribution in [1.82, 2.24) is 10.2 Å². The van der Waals surface area contributed by atoms with Crippen molar-refractivity contribution in [1.29, 1.82) is 0 Å². The van der Waals surface area contributed by atoms with Gasteiger partial charge in [-0.3, -0.25) is 4.79 Å². The summed E-state index contributed by atoms with van der Waals surface area (Å²) >= 11 is 0. The van der Waals surface area contributed by atoms with Gasteiger partial charge in [-0.1, -0.05) is 32.1 Å². The number of rotatable bonds is 7. The summed E-state index contributed by atoms with van der Waals surface area (Å²) in [7, 11) is 0. The number of carbonyl (C=O) groups is 1. The highest BCUT2D eigenvalue weighted by Gasteiger charge is 2.14. The van der Waals surface area contributed by atoms with E-state index in [4.69, 9.17) is 8.83 Å². The van der Waals surface area contributed by atoms with Gasteiger partial charge in [0, 0.05) is 17.7 Å². The van der Waals surface area contributed by atoms with E-state index in [0.29, 0.717) is 24.0 Å². The van der Waals surface area contributed by atoms with Gasteiger partial charge in [-0.15, -0.1) is 10.2 Å². The number of benzene rings is 1. The number of furan rings is 1. The number of nitrogens with one attached hydrogen (secondary N) is 1. The van der Waals surface area contributed by atoms with E-state index in [-0.39, 0.29) is 5.91 Å². The van der Waals surface area contributed by atoms with Crippen LogP contribution in [0.1, 0.15) is 51.4 Å². The maximum absolute atomic E-state index is 12.2. The molecule has 0 bridgehead atoms. The zero-order chi connectivity index (χ0) is 19.2. The minimum atomic E-state index is 0.0708. The molecule has 0 saturated heterocycles. The van der Waals surface area contributed by atoms with Crippen molar-refractivity contribution in [2.24, 2.45) is 5.92 Å². The van der Waals surface area contributed by atoms with E-state index in [1.807, 2.05) is 24.3 Å². The Labute approximate surface area is 164 Å². The molecule has 1 aromatic carbocycles. The van der Waals surface area contributed by atoms with Gasteiger partial charge in [0.05, 0.1) is 6.26 Å². The number of carbonyl (C=O) groups excluding carboxylic acids is 1. The van der Waals surface area contributed by atoms with Gasteiger partial charge in [-0.05, 0) is 55.2 Å². The first-order valence-electron chi connectivity index (χ1n) is 10.1. The zero-order valence-electron chi connectivity index (χ0n) is 15.9. The van der Waals surface area contributed by atoms with Crippen LogP contribution in [0.5, 0.6) is 0 Å². The van der Waals surface area contributed by atoms with E-state index in [1.54, 1.807) is 18.4 Å². The molecule has 1 aliphatic carbocycles. The monoisotopic (exact) mass is 379 g/mol. The predicted octanol–water partition coefficient (Wildman–Crippen LogP) is 5.69. The van der Waals surface area contributed by atoms with Crippen LogP contribution in [0.2, 0.25) is 0 Å². The zero-order valence-corrected chi connectivity index (χ0v) is 15.9. The molecule has 1 amide bonds. The molecule has 1 fully saturated rings. The third kappa shape index (κ3) is 4.68. The summed E-state index contributed by atoms with van der Waals surface area (Å²) in [6.07, 6.45) is 11.0. The lowest BCUT2D eigenvalue weighted by molar-refractivity contribution is -0.116. The number of aromatic nitrogens is 2. The Bertz CT molecular complexity index is 878. The van der Waals surface area contributed by atoms with Gasteiger partial charge in [0.1, 0.15) is 0 Å². The number of amides is 1. The van der Waals surface area contributed by atoms with Crippen LogP contribution in [0, 0.1) is 5.92 Å². The van der Waals surface area contributed by atoms with Gasteiger partial charge in [-0.25, -0.2) is 0 Å². The molecule has 0 unspecified atom stereocenters. The lowest BCUT2D eigenvalue weighted by Gasteiger charge is -2.21. The highest BCUT2D eigenvalue weighted by molar-refractivity contribution is 5.90. The standard InChI is InChI=1S/C22H25N3O3/c26-20(10-4-8-16-6-2-1-3-7-16)23-18-13-11-17(12-14-18)21-24-25-22(28-21)19-9-5-15-27-19/h5,9,11-16H,1-4,6-8,10H2,(H,23,26). The molecule has 3 aromatic rings. The highest BCUT2D eigenvalue weighted by Crippen LogP contribution is 2.28. The highest BCUT2D eigenvalue weighted by atomic mass is 16.4. The van der Waals surface area contributed by atoms with E-state index >= 15 is 0 Å². The quantitative estimate of drug-likeness (QED) is 0.570. The molecule has 0 atom stereocenters. The van der Waals surface area contributed by atoms with E-state index in [0.717, 1.165) is 23.6 Å². The molecule has 0 aliphatic heterocycles. The molecule has 0 spiro atoms. The third-order valence-corrected chi connectivity index (χ3v) is 5.31. The number of nitrogens with zero attached hydrogens (tertiary/aromatic N) is 2. The van der Waals surface area contributed by atoms with Crippen molar-refractivity contribution in [3.63, 3.8) is 0 Å². The SMILES string of the molecule is O=C(CCCC1CCCCC1)Nc1ccc(-c2nnc(-c3ccco3)o2)cc1. The van der Waals surface area contributed by atoms with Gasteiger partial charge < -0.3 is 14.2 Å². The Morgan fingerprint density at radius 1 is 1.04 bits per heavy atom. The van der Waals surface area contributed by atoms with E-state index in [1.165, 1.54) is 38.5 Å². The van der Waals surface area contributed by atoms with Crippen LogP contribution in [0.4, 0.5) is 5.69 Å². The average molecular weight is 379 g/mol. The van der Waals surface area contributed by atoms with Crippen LogP contribution in [0.3, 0.4) is 0 Å². The van der Waals surface area contributed by atoms with Gasteiger partial charge in [-0.2, -0.15) is 0 Å². The van der Waals surface area contributed by atoms with Crippen molar-refractivity contribution in [2.45, 2.75) is 51.4 Å².